The minimum atomic E-state index is -0.350. The fourth-order valence-corrected chi connectivity index (χ4v) is 3.22. The second kappa shape index (κ2) is 9.09. The predicted octanol–water partition coefficient (Wildman–Crippen LogP) is 6.77. The molecule has 4 heteroatoms. The number of hydrogen-bond acceptors (Lipinski definition) is 3. The Kier molecular flexibility index (Phi) is 5.90. The van der Waals surface area contributed by atoms with E-state index in [1.807, 2.05) is 60.7 Å². The highest BCUT2D eigenvalue weighted by atomic mass is 19.1. The lowest BCUT2D eigenvalue weighted by Crippen LogP contribution is -2.01. The Hall–Kier alpha value is -4.18. The van der Waals surface area contributed by atoms with Gasteiger partial charge in [-0.3, -0.25) is 0 Å². The van der Waals surface area contributed by atoms with Gasteiger partial charge in [-0.2, -0.15) is 0 Å². The van der Waals surface area contributed by atoms with Gasteiger partial charge in [-0.05, 0) is 23.8 Å². The fraction of sp³-hybridized carbons (Fsp3) is 0. The highest BCUT2D eigenvalue weighted by Crippen LogP contribution is 2.28. The summed E-state index contributed by atoms with van der Waals surface area (Å²) in [6.45, 7) is 7.48. The second-order valence-electron chi connectivity index (χ2n) is 6.79. The molecule has 0 radical (unpaired) electrons. The highest BCUT2D eigenvalue weighted by Gasteiger charge is 2.14. The van der Waals surface area contributed by atoms with Crippen molar-refractivity contribution in [1.29, 1.82) is 0 Å². The summed E-state index contributed by atoms with van der Waals surface area (Å²) in [6.07, 6.45) is 4.92. The fourth-order valence-electron chi connectivity index (χ4n) is 3.22. The molecule has 4 aromatic rings. The summed E-state index contributed by atoms with van der Waals surface area (Å²) in [6, 6.07) is 24.3. The molecule has 150 valence electrons. The van der Waals surface area contributed by atoms with Crippen LogP contribution in [0.25, 0.3) is 39.7 Å². The summed E-state index contributed by atoms with van der Waals surface area (Å²) in [5.74, 6) is 1.23. The molecule has 0 aliphatic carbocycles. The summed E-state index contributed by atoms with van der Waals surface area (Å²) < 4.78 is 14.6. The maximum absolute atomic E-state index is 14.6. The van der Waals surface area contributed by atoms with E-state index < -0.39 is 0 Å². The molecule has 1 heterocycles. The van der Waals surface area contributed by atoms with Crippen molar-refractivity contribution >= 4 is 5.57 Å². The van der Waals surface area contributed by atoms with Crippen LogP contribution in [0, 0.1) is 5.82 Å². The van der Waals surface area contributed by atoms with E-state index in [1.165, 1.54) is 6.07 Å². The van der Waals surface area contributed by atoms with Crippen LogP contribution in [-0.2, 0) is 0 Å². The van der Waals surface area contributed by atoms with Crippen molar-refractivity contribution in [3.63, 3.8) is 0 Å². The molecular formula is C27H20FN3. The number of hydrogen-bond donors (Lipinski definition) is 0. The maximum atomic E-state index is 14.6. The second-order valence-corrected chi connectivity index (χ2v) is 6.79. The van der Waals surface area contributed by atoms with E-state index in [9.17, 15) is 4.39 Å². The lowest BCUT2D eigenvalue weighted by Gasteiger charge is -2.10. The number of halogens is 1. The van der Waals surface area contributed by atoms with Crippen LogP contribution in [0.15, 0.2) is 110 Å². The van der Waals surface area contributed by atoms with Crippen LogP contribution in [-0.4, -0.2) is 15.0 Å². The van der Waals surface area contributed by atoms with E-state index in [4.69, 9.17) is 9.97 Å². The van der Waals surface area contributed by atoms with Gasteiger partial charge in [-0.15, -0.1) is 0 Å². The smallest absolute Gasteiger partial charge is 0.164 e. The van der Waals surface area contributed by atoms with E-state index >= 15 is 0 Å². The molecule has 0 amide bonds. The first-order valence-electron chi connectivity index (χ1n) is 9.82. The Balaban J connectivity index is 1.91. The predicted molar refractivity (Wildman–Crippen MR) is 124 cm³/mol. The van der Waals surface area contributed by atoms with Gasteiger partial charge in [-0.1, -0.05) is 92.0 Å². The lowest BCUT2D eigenvalue weighted by atomic mass is 10.0. The van der Waals surface area contributed by atoms with Crippen LogP contribution in [0.4, 0.5) is 4.39 Å². The molecule has 0 atom stereocenters. The zero-order valence-corrected chi connectivity index (χ0v) is 16.9. The van der Waals surface area contributed by atoms with Crippen molar-refractivity contribution in [3.8, 4) is 34.2 Å². The largest absolute Gasteiger partial charge is 0.208 e. The molecule has 0 saturated carbocycles. The van der Waals surface area contributed by atoms with Crippen molar-refractivity contribution in [3.05, 3.63) is 122 Å². The van der Waals surface area contributed by atoms with E-state index in [0.717, 1.165) is 11.1 Å². The quantitative estimate of drug-likeness (QED) is 0.332. The zero-order valence-electron chi connectivity index (χ0n) is 16.9. The lowest BCUT2D eigenvalue weighted by molar-refractivity contribution is 0.624. The molecule has 0 aliphatic heterocycles. The van der Waals surface area contributed by atoms with E-state index in [0.29, 0.717) is 34.2 Å². The number of allylic oxidation sites excluding steroid dienone is 4. The minimum Gasteiger partial charge on any atom is -0.208 e. The van der Waals surface area contributed by atoms with Crippen LogP contribution >= 0.6 is 0 Å². The molecule has 0 spiro atoms. The molecule has 31 heavy (non-hydrogen) atoms. The van der Waals surface area contributed by atoms with E-state index in [-0.39, 0.29) is 5.82 Å². The van der Waals surface area contributed by atoms with Gasteiger partial charge in [0.05, 0.1) is 0 Å². The average molecular weight is 405 g/mol. The van der Waals surface area contributed by atoms with Crippen molar-refractivity contribution in [2.24, 2.45) is 0 Å². The Labute approximate surface area is 181 Å². The highest BCUT2D eigenvalue weighted by molar-refractivity contribution is 5.78. The monoisotopic (exact) mass is 405 g/mol. The van der Waals surface area contributed by atoms with E-state index in [1.54, 1.807) is 30.4 Å². The van der Waals surface area contributed by atoms with Crippen LogP contribution in [0.3, 0.4) is 0 Å². The Morgan fingerprint density at radius 2 is 1.19 bits per heavy atom. The standard InChI is InChI=1S/C27H20FN3/c1-3-11-19(4-2)23-18-22(16-17-24(23)28)27-30-25(20-12-7-5-8-13-20)29-26(31-27)21-14-9-6-10-15-21/h3-18H,1-2H2/b19-11+. The summed E-state index contributed by atoms with van der Waals surface area (Å²) in [7, 11) is 0. The summed E-state index contributed by atoms with van der Waals surface area (Å²) >= 11 is 0. The summed E-state index contributed by atoms with van der Waals surface area (Å²) in [5, 5.41) is 0. The topological polar surface area (TPSA) is 38.7 Å². The SMILES string of the molecule is C=C/C=C(\C=C)c1cc(-c2nc(-c3ccccc3)nc(-c3ccccc3)n2)ccc1F. The number of aromatic nitrogens is 3. The Morgan fingerprint density at radius 3 is 1.68 bits per heavy atom. The van der Waals surface area contributed by atoms with Gasteiger partial charge in [0.1, 0.15) is 5.82 Å². The molecule has 0 N–H and O–H groups in total. The Morgan fingerprint density at radius 1 is 0.677 bits per heavy atom. The number of benzene rings is 3. The van der Waals surface area contributed by atoms with E-state index in [2.05, 4.69) is 18.1 Å². The van der Waals surface area contributed by atoms with Gasteiger partial charge in [0.2, 0.25) is 0 Å². The van der Waals surface area contributed by atoms with Crippen molar-refractivity contribution in [1.82, 2.24) is 15.0 Å². The summed E-state index contributed by atoms with van der Waals surface area (Å²) in [5.41, 5.74) is 3.49. The molecule has 0 fully saturated rings. The van der Waals surface area contributed by atoms with Crippen LogP contribution < -0.4 is 0 Å². The number of rotatable bonds is 6. The minimum absolute atomic E-state index is 0.350. The van der Waals surface area contributed by atoms with Crippen LogP contribution in [0.1, 0.15) is 5.56 Å². The molecule has 0 aliphatic rings. The molecule has 4 rings (SSSR count). The molecule has 3 nitrogen and oxygen atoms in total. The van der Waals surface area contributed by atoms with Gasteiger partial charge < -0.3 is 0 Å². The van der Waals surface area contributed by atoms with Gasteiger partial charge >= 0.3 is 0 Å². The molecule has 0 unspecified atom stereocenters. The molecule has 3 aromatic carbocycles. The molecule has 0 saturated heterocycles. The van der Waals surface area contributed by atoms with Crippen molar-refractivity contribution in [2.45, 2.75) is 0 Å². The third-order valence-corrected chi connectivity index (χ3v) is 4.75. The average Bonchev–Trinajstić information content (AvgIpc) is 2.84. The first-order valence-corrected chi connectivity index (χ1v) is 9.82. The first-order chi connectivity index (χ1) is 15.2. The van der Waals surface area contributed by atoms with Gasteiger partial charge in [0.25, 0.3) is 0 Å². The molecule has 1 aromatic heterocycles. The first kappa shape index (κ1) is 20.1. The molecule has 0 bridgehead atoms. The van der Waals surface area contributed by atoms with Crippen molar-refractivity contribution < 1.29 is 4.39 Å². The van der Waals surface area contributed by atoms with Gasteiger partial charge in [0.15, 0.2) is 17.5 Å². The van der Waals surface area contributed by atoms with Crippen LogP contribution in [0.2, 0.25) is 0 Å². The molecular weight excluding hydrogens is 385 g/mol. The summed E-state index contributed by atoms with van der Waals surface area (Å²) in [4.78, 5) is 14.1. The third kappa shape index (κ3) is 4.38. The van der Waals surface area contributed by atoms with Gasteiger partial charge in [-0.25, -0.2) is 19.3 Å². The van der Waals surface area contributed by atoms with Gasteiger partial charge in [0, 0.05) is 22.3 Å². The Bertz CT molecular complexity index is 1200. The number of nitrogens with zero attached hydrogens (tertiary/aromatic N) is 3. The van der Waals surface area contributed by atoms with Crippen LogP contribution in [0.5, 0.6) is 0 Å². The normalized spacial score (nSPS) is 11.2. The maximum Gasteiger partial charge on any atom is 0.164 e. The van der Waals surface area contributed by atoms with Crippen molar-refractivity contribution in [2.75, 3.05) is 0 Å². The third-order valence-electron chi connectivity index (χ3n) is 4.75. The zero-order chi connectivity index (χ0) is 21.6.